The summed E-state index contributed by atoms with van der Waals surface area (Å²) in [5.41, 5.74) is 0.318. The fourth-order valence-corrected chi connectivity index (χ4v) is 5.07. The lowest BCUT2D eigenvalue weighted by molar-refractivity contribution is -0.124. The van der Waals surface area contributed by atoms with Gasteiger partial charge in [-0.05, 0) is 12.1 Å². The molecule has 2 aliphatic heterocycles. The van der Waals surface area contributed by atoms with Crippen molar-refractivity contribution in [2.75, 3.05) is 18.1 Å². The van der Waals surface area contributed by atoms with Crippen molar-refractivity contribution in [1.29, 1.82) is 0 Å². The minimum absolute atomic E-state index is 0.0906. The number of carbonyl (C=O) groups is 2. The molecule has 9 heteroatoms. The number of hydrogen-bond acceptors (Lipinski definition) is 6. The van der Waals surface area contributed by atoms with Crippen molar-refractivity contribution < 1.29 is 19.1 Å². The maximum atomic E-state index is 13.8. The number of nitrogens with zero attached hydrogens (tertiary/aromatic N) is 1. The van der Waals surface area contributed by atoms with Crippen molar-refractivity contribution in [3.8, 4) is 0 Å². The van der Waals surface area contributed by atoms with Gasteiger partial charge in [0.05, 0.1) is 17.1 Å². The van der Waals surface area contributed by atoms with Crippen molar-refractivity contribution in [2.45, 2.75) is 18.6 Å². The molecule has 2 saturated heterocycles. The first kappa shape index (κ1) is 19.3. The van der Waals surface area contributed by atoms with E-state index in [1.54, 1.807) is 30.0 Å². The van der Waals surface area contributed by atoms with Gasteiger partial charge in [0, 0.05) is 30.0 Å². The Kier molecular flexibility index (Phi) is 6.33. The van der Waals surface area contributed by atoms with Crippen molar-refractivity contribution in [3.05, 3.63) is 40.6 Å². The molecule has 26 heavy (non-hydrogen) atoms. The van der Waals surface area contributed by atoms with E-state index in [0.29, 0.717) is 26.3 Å². The Bertz CT molecular complexity index is 771. The molecule has 0 unspecified atom stereocenters. The average molecular weight is 413 g/mol. The highest BCUT2D eigenvalue weighted by atomic mass is 32.2. The van der Waals surface area contributed by atoms with Gasteiger partial charge in [-0.25, -0.2) is 4.39 Å². The second-order valence-electron chi connectivity index (χ2n) is 5.88. The summed E-state index contributed by atoms with van der Waals surface area (Å²) in [6, 6.07) is 5.93. The van der Waals surface area contributed by atoms with Crippen LogP contribution >= 0.6 is 35.7 Å². The minimum atomic E-state index is -0.538. The molecule has 0 spiro atoms. The molecule has 2 N–H and O–H groups in total. The van der Waals surface area contributed by atoms with Crippen LogP contribution in [0.25, 0.3) is 6.08 Å². The summed E-state index contributed by atoms with van der Waals surface area (Å²) in [4.78, 5) is 26.2. The number of nitrogens with one attached hydrogen (secondary N) is 1. The lowest BCUT2D eigenvalue weighted by Crippen LogP contribution is -2.43. The standard InChI is InChI=1S/C17H17FN2O3S3/c18-11-4-2-1-3-10(11)7-14-16(23)20(17(24)26-14)6-5-15(22)19-12-8-25-9-13(12)21/h1-4,7,12-13,21H,5-6,8-9H2,(H,19,22)/b14-7-/t12-,13+/m1/s1. The van der Waals surface area contributed by atoms with Crippen LogP contribution in [0.3, 0.4) is 0 Å². The normalized spacial score (nSPS) is 24.5. The SMILES string of the molecule is O=C(CCN1C(=O)/C(=C/c2ccccc2F)SC1=S)N[C@@H]1CSC[C@@H]1O. The molecule has 5 nitrogen and oxygen atoms in total. The monoisotopic (exact) mass is 412 g/mol. The van der Waals surface area contributed by atoms with E-state index in [-0.39, 0.29) is 30.8 Å². The number of thiocarbonyl (C=S) groups is 1. The third kappa shape index (κ3) is 4.46. The van der Waals surface area contributed by atoms with Gasteiger partial charge in [-0.2, -0.15) is 11.8 Å². The zero-order valence-corrected chi connectivity index (χ0v) is 16.1. The molecule has 2 aliphatic rings. The van der Waals surface area contributed by atoms with Crippen LogP contribution in [0, 0.1) is 5.82 Å². The number of hydrogen-bond donors (Lipinski definition) is 2. The van der Waals surface area contributed by atoms with Crippen molar-refractivity contribution in [2.24, 2.45) is 0 Å². The quantitative estimate of drug-likeness (QED) is 0.570. The van der Waals surface area contributed by atoms with Crippen LogP contribution in [0.5, 0.6) is 0 Å². The number of thioether (sulfide) groups is 2. The molecule has 0 aromatic heterocycles. The number of benzene rings is 1. The lowest BCUT2D eigenvalue weighted by atomic mass is 10.2. The number of amides is 2. The first-order chi connectivity index (χ1) is 12.5. The van der Waals surface area contributed by atoms with Gasteiger partial charge in [0.15, 0.2) is 0 Å². The van der Waals surface area contributed by atoms with Gasteiger partial charge in [0.2, 0.25) is 5.91 Å². The fraction of sp³-hybridized carbons (Fsp3) is 0.353. The molecule has 2 fully saturated rings. The minimum Gasteiger partial charge on any atom is -0.390 e. The van der Waals surface area contributed by atoms with E-state index in [4.69, 9.17) is 12.2 Å². The Labute approximate surface area is 164 Å². The molecule has 0 saturated carbocycles. The second kappa shape index (κ2) is 8.51. The first-order valence-corrected chi connectivity index (χ1v) is 10.4. The van der Waals surface area contributed by atoms with Gasteiger partial charge in [0.25, 0.3) is 5.91 Å². The third-order valence-electron chi connectivity index (χ3n) is 4.02. The van der Waals surface area contributed by atoms with E-state index in [1.165, 1.54) is 17.0 Å². The van der Waals surface area contributed by atoms with Crippen LogP contribution in [0.1, 0.15) is 12.0 Å². The number of rotatable bonds is 5. The number of aliphatic hydroxyl groups is 1. The van der Waals surface area contributed by atoms with Crippen LogP contribution in [-0.4, -0.2) is 56.3 Å². The maximum Gasteiger partial charge on any atom is 0.266 e. The van der Waals surface area contributed by atoms with Crippen LogP contribution in [0.2, 0.25) is 0 Å². The van der Waals surface area contributed by atoms with Gasteiger partial charge in [-0.15, -0.1) is 0 Å². The molecule has 3 rings (SSSR count). The number of halogens is 1. The average Bonchev–Trinajstić information content (AvgIpc) is 3.12. The topological polar surface area (TPSA) is 69.6 Å². The molecule has 2 amide bonds. The number of carbonyl (C=O) groups excluding carboxylic acids is 2. The Hall–Kier alpha value is -1.42. The predicted octanol–water partition coefficient (Wildman–Crippen LogP) is 2.01. The number of aliphatic hydroxyl groups excluding tert-OH is 1. The first-order valence-electron chi connectivity index (χ1n) is 8.01. The van der Waals surface area contributed by atoms with Crippen molar-refractivity contribution in [3.63, 3.8) is 0 Å². The molecule has 0 bridgehead atoms. The van der Waals surface area contributed by atoms with E-state index in [2.05, 4.69) is 5.32 Å². The molecule has 0 radical (unpaired) electrons. The van der Waals surface area contributed by atoms with Gasteiger partial charge < -0.3 is 10.4 Å². The molecule has 2 atom stereocenters. The highest BCUT2D eigenvalue weighted by Crippen LogP contribution is 2.33. The van der Waals surface area contributed by atoms with E-state index in [0.717, 1.165) is 11.8 Å². The Morgan fingerprint density at radius 3 is 2.88 bits per heavy atom. The van der Waals surface area contributed by atoms with Crippen LogP contribution in [-0.2, 0) is 9.59 Å². The highest BCUT2D eigenvalue weighted by Gasteiger charge is 2.33. The molecule has 1 aromatic rings. The summed E-state index contributed by atoms with van der Waals surface area (Å²) >= 11 is 7.90. The van der Waals surface area contributed by atoms with E-state index in [1.807, 2.05) is 0 Å². The van der Waals surface area contributed by atoms with Crippen LogP contribution in [0.4, 0.5) is 4.39 Å². The zero-order chi connectivity index (χ0) is 18.7. The summed E-state index contributed by atoms with van der Waals surface area (Å²) in [6.45, 7) is 0.154. The zero-order valence-electron chi connectivity index (χ0n) is 13.7. The second-order valence-corrected chi connectivity index (χ2v) is 8.63. The van der Waals surface area contributed by atoms with E-state index in [9.17, 15) is 19.1 Å². The lowest BCUT2D eigenvalue weighted by Gasteiger charge is -2.18. The Balaban J connectivity index is 1.59. The van der Waals surface area contributed by atoms with Gasteiger partial charge in [-0.3, -0.25) is 14.5 Å². The highest BCUT2D eigenvalue weighted by molar-refractivity contribution is 8.26. The van der Waals surface area contributed by atoms with E-state index < -0.39 is 11.9 Å². The third-order valence-corrected chi connectivity index (χ3v) is 6.57. The molecule has 138 valence electrons. The summed E-state index contributed by atoms with van der Waals surface area (Å²) in [5.74, 6) is 0.321. The largest absolute Gasteiger partial charge is 0.390 e. The summed E-state index contributed by atoms with van der Waals surface area (Å²) in [6.07, 6.45) is 1.03. The van der Waals surface area contributed by atoms with Crippen LogP contribution in [0.15, 0.2) is 29.2 Å². The summed E-state index contributed by atoms with van der Waals surface area (Å²) in [5, 5.41) is 12.5. The molecule has 1 aromatic carbocycles. The molecular weight excluding hydrogens is 395 g/mol. The summed E-state index contributed by atoms with van der Waals surface area (Å²) in [7, 11) is 0. The van der Waals surface area contributed by atoms with Gasteiger partial charge >= 0.3 is 0 Å². The molecular formula is C17H17FN2O3S3. The van der Waals surface area contributed by atoms with Crippen LogP contribution < -0.4 is 5.32 Å². The fourth-order valence-electron chi connectivity index (χ4n) is 2.60. The summed E-state index contributed by atoms with van der Waals surface area (Å²) < 4.78 is 14.1. The Morgan fingerprint density at radius 2 is 2.19 bits per heavy atom. The maximum absolute atomic E-state index is 13.8. The van der Waals surface area contributed by atoms with Gasteiger partial charge in [-0.1, -0.05) is 42.2 Å². The van der Waals surface area contributed by atoms with Gasteiger partial charge in [0.1, 0.15) is 10.1 Å². The molecule has 0 aliphatic carbocycles. The van der Waals surface area contributed by atoms with E-state index >= 15 is 0 Å². The van der Waals surface area contributed by atoms with Crippen molar-refractivity contribution in [1.82, 2.24) is 10.2 Å². The van der Waals surface area contributed by atoms with Crippen molar-refractivity contribution >= 4 is 58.0 Å². The predicted molar refractivity (Wildman–Crippen MR) is 106 cm³/mol. The Morgan fingerprint density at radius 1 is 1.42 bits per heavy atom. The smallest absolute Gasteiger partial charge is 0.266 e. The molecule has 2 heterocycles.